The Kier molecular flexibility index (Phi) is 14.5. The van der Waals surface area contributed by atoms with E-state index in [0.29, 0.717) is 37.2 Å². The summed E-state index contributed by atoms with van der Waals surface area (Å²) in [6.07, 6.45) is 1.89. The molecule has 8 heteroatoms. The predicted molar refractivity (Wildman–Crippen MR) is 179 cm³/mol. The topological polar surface area (TPSA) is 179 Å². The van der Waals surface area contributed by atoms with E-state index in [4.69, 9.17) is 11.5 Å². The van der Waals surface area contributed by atoms with E-state index in [1.165, 1.54) is 0 Å². The van der Waals surface area contributed by atoms with Crippen molar-refractivity contribution in [2.45, 2.75) is 130 Å². The fourth-order valence-corrected chi connectivity index (χ4v) is 4.50. The van der Waals surface area contributed by atoms with Gasteiger partial charge in [-0.1, -0.05) is 107 Å². The molecule has 43 heavy (non-hydrogen) atoms. The van der Waals surface area contributed by atoms with Gasteiger partial charge in [0.15, 0.2) is 0 Å². The van der Waals surface area contributed by atoms with Crippen molar-refractivity contribution in [3.8, 4) is 11.5 Å². The van der Waals surface area contributed by atoms with Crippen molar-refractivity contribution in [3.05, 3.63) is 57.6 Å². The molecule has 0 radical (unpaired) electrons. The van der Waals surface area contributed by atoms with Gasteiger partial charge in [-0.05, 0) is 67.9 Å². The third kappa shape index (κ3) is 13.4. The molecule has 10 N–H and O–H groups in total. The zero-order chi connectivity index (χ0) is 34.1. The molecule has 2 aromatic rings. The molecule has 0 heterocycles. The van der Waals surface area contributed by atoms with Crippen molar-refractivity contribution in [1.29, 1.82) is 0 Å². The van der Waals surface area contributed by atoms with Crippen molar-refractivity contribution >= 4 is 11.8 Å². The van der Waals surface area contributed by atoms with Crippen LogP contribution in [0.4, 0.5) is 0 Å². The molecular weight excluding hydrogens is 540 g/mol. The number of aromatic hydroxyl groups is 2. The lowest BCUT2D eigenvalue weighted by molar-refractivity contribution is -0.118. The maximum absolute atomic E-state index is 11.0. The van der Waals surface area contributed by atoms with E-state index in [1.807, 2.05) is 24.3 Å². The predicted octanol–water partition coefficient (Wildman–Crippen LogP) is 5.67. The van der Waals surface area contributed by atoms with Crippen LogP contribution in [0.5, 0.6) is 11.5 Å². The molecule has 0 bridgehead atoms. The van der Waals surface area contributed by atoms with Crippen LogP contribution in [0, 0.1) is 0 Å². The third-order valence-corrected chi connectivity index (χ3v) is 6.89. The summed E-state index contributed by atoms with van der Waals surface area (Å²) in [4.78, 5) is 22.0. The second-order valence-electron chi connectivity index (χ2n) is 15.2. The van der Waals surface area contributed by atoms with Gasteiger partial charge in [0, 0.05) is 19.5 Å². The number of hydrogen-bond acceptors (Lipinski definition) is 6. The lowest BCUT2D eigenvalue weighted by Crippen LogP contribution is -2.18. The summed E-state index contributed by atoms with van der Waals surface area (Å²) in [7, 11) is 0. The Morgan fingerprint density at radius 3 is 0.860 bits per heavy atom. The molecule has 0 aliphatic heterocycles. The number of phenolic OH excluding ortho intramolecular Hbond substituents is 2. The Balaban J connectivity index is 0.000000751. The maximum Gasteiger partial charge on any atom is 0.217 e. The molecule has 244 valence electrons. The number of carbonyl (C=O) groups excluding carboxylic acids is 2. The zero-order valence-electron chi connectivity index (χ0n) is 28.9. The minimum atomic E-state index is -0.298. The molecule has 0 atom stereocenters. The van der Waals surface area contributed by atoms with Crippen molar-refractivity contribution in [3.63, 3.8) is 0 Å². The quantitative estimate of drug-likeness (QED) is 0.232. The van der Waals surface area contributed by atoms with Crippen LogP contribution in [-0.2, 0) is 44.1 Å². The third-order valence-electron chi connectivity index (χ3n) is 6.89. The van der Waals surface area contributed by atoms with Crippen molar-refractivity contribution < 1.29 is 19.8 Å². The Morgan fingerprint density at radius 1 is 0.535 bits per heavy atom. The highest BCUT2D eigenvalue weighted by atomic mass is 16.3. The Labute approximate surface area is 260 Å². The summed E-state index contributed by atoms with van der Waals surface area (Å²) in [6, 6.07) is 7.97. The zero-order valence-corrected chi connectivity index (χ0v) is 28.9. The van der Waals surface area contributed by atoms with Gasteiger partial charge in [-0.15, -0.1) is 0 Å². The van der Waals surface area contributed by atoms with Crippen molar-refractivity contribution in [2.75, 3.05) is 6.67 Å². The summed E-state index contributed by atoms with van der Waals surface area (Å²) >= 11 is 0. The van der Waals surface area contributed by atoms with E-state index in [0.717, 1.165) is 33.4 Å². The minimum Gasteiger partial charge on any atom is -0.507 e. The number of benzene rings is 2. The summed E-state index contributed by atoms with van der Waals surface area (Å²) in [5, 5.41) is 21.1. The molecule has 0 spiro atoms. The molecule has 0 unspecified atom stereocenters. The maximum atomic E-state index is 11.0. The molecule has 0 aliphatic rings. The number of primary amides is 2. The van der Waals surface area contributed by atoms with E-state index in [-0.39, 0.29) is 40.1 Å². The van der Waals surface area contributed by atoms with Crippen LogP contribution in [0.3, 0.4) is 0 Å². The van der Waals surface area contributed by atoms with Gasteiger partial charge in [0.2, 0.25) is 11.8 Å². The number of aryl methyl sites for hydroxylation is 2. The van der Waals surface area contributed by atoms with Crippen LogP contribution in [-0.4, -0.2) is 28.7 Å². The van der Waals surface area contributed by atoms with Crippen LogP contribution >= 0.6 is 0 Å². The van der Waals surface area contributed by atoms with Crippen LogP contribution in [0.1, 0.15) is 129 Å². The van der Waals surface area contributed by atoms with Crippen LogP contribution in [0.2, 0.25) is 0 Å². The molecule has 8 nitrogen and oxygen atoms in total. The standard InChI is InChI=1S/2C17H27NO2.CH6N2/c2*1-16(2,3)12-9-11(7-8-14(18)19)10-13(15(12)20)17(4,5)6;2-1-3/h2*9-10,20H,7-8H2,1-6H3,(H2,18,19);1-3H2. The molecule has 2 rings (SSSR count). The van der Waals surface area contributed by atoms with E-state index in [9.17, 15) is 19.8 Å². The molecule has 2 amide bonds. The number of carbonyl (C=O) groups is 2. The monoisotopic (exact) mass is 600 g/mol. The highest BCUT2D eigenvalue weighted by Crippen LogP contribution is 2.41. The first-order chi connectivity index (χ1) is 19.3. The fraction of sp³-hybridized carbons (Fsp3) is 0.600. The minimum absolute atomic E-state index is 0.146. The lowest BCUT2D eigenvalue weighted by Gasteiger charge is -2.28. The second kappa shape index (κ2) is 15.6. The first kappa shape index (κ1) is 39.9. The van der Waals surface area contributed by atoms with Crippen LogP contribution in [0.25, 0.3) is 0 Å². The van der Waals surface area contributed by atoms with Gasteiger partial charge >= 0.3 is 0 Å². The van der Waals surface area contributed by atoms with E-state index in [2.05, 4.69) is 94.6 Å². The molecule has 0 aromatic heterocycles. The first-order valence-electron chi connectivity index (χ1n) is 15.0. The summed E-state index contributed by atoms with van der Waals surface area (Å²) in [5.41, 5.74) is 24.9. The summed E-state index contributed by atoms with van der Waals surface area (Å²) in [5.74, 6) is 0.140. The molecule has 0 saturated carbocycles. The van der Waals surface area contributed by atoms with Gasteiger partial charge in [0.25, 0.3) is 0 Å². The number of amides is 2. The number of phenols is 2. The van der Waals surface area contributed by atoms with E-state index >= 15 is 0 Å². The number of rotatable bonds is 6. The van der Waals surface area contributed by atoms with E-state index < -0.39 is 0 Å². The summed E-state index contributed by atoms with van der Waals surface area (Å²) < 4.78 is 0. The van der Waals surface area contributed by atoms with Crippen molar-refractivity contribution in [1.82, 2.24) is 0 Å². The highest BCUT2D eigenvalue weighted by molar-refractivity contribution is 5.74. The van der Waals surface area contributed by atoms with Crippen molar-refractivity contribution in [2.24, 2.45) is 22.9 Å². The van der Waals surface area contributed by atoms with Gasteiger partial charge in [-0.25, -0.2) is 0 Å². The average molecular weight is 601 g/mol. The normalized spacial score (nSPS) is 12.0. The Morgan fingerprint density at radius 2 is 0.721 bits per heavy atom. The smallest absolute Gasteiger partial charge is 0.217 e. The van der Waals surface area contributed by atoms with Gasteiger partial charge in [-0.2, -0.15) is 0 Å². The molecule has 0 aliphatic carbocycles. The first-order valence-corrected chi connectivity index (χ1v) is 15.0. The second-order valence-corrected chi connectivity index (χ2v) is 15.2. The fourth-order valence-electron chi connectivity index (χ4n) is 4.50. The summed E-state index contributed by atoms with van der Waals surface area (Å²) in [6.45, 7) is 25.2. The van der Waals surface area contributed by atoms with Gasteiger partial charge < -0.3 is 33.1 Å². The Hall–Kier alpha value is -3.10. The highest BCUT2D eigenvalue weighted by Gasteiger charge is 2.27. The molecular formula is C35H60N4O4. The van der Waals surface area contributed by atoms with Gasteiger partial charge in [-0.3, -0.25) is 9.59 Å². The molecule has 0 fully saturated rings. The number of hydrogen-bond donors (Lipinski definition) is 6. The van der Waals surface area contributed by atoms with E-state index in [1.54, 1.807) is 0 Å². The average Bonchev–Trinajstić information content (AvgIpc) is 2.80. The lowest BCUT2D eigenvalue weighted by atomic mass is 9.78. The largest absolute Gasteiger partial charge is 0.507 e. The van der Waals surface area contributed by atoms with Gasteiger partial charge in [0.05, 0.1) is 0 Å². The molecule has 2 aromatic carbocycles. The molecule has 0 saturated heterocycles. The number of nitrogens with two attached hydrogens (primary N) is 4. The Bertz CT molecular complexity index is 1060. The van der Waals surface area contributed by atoms with Crippen LogP contribution < -0.4 is 22.9 Å². The van der Waals surface area contributed by atoms with Gasteiger partial charge in [0.1, 0.15) is 11.5 Å². The van der Waals surface area contributed by atoms with Crippen LogP contribution in [0.15, 0.2) is 24.3 Å². The SMILES string of the molecule is CC(C)(C)c1cc(CCC(N)=O)cc(C(C)(C)C)c1O.CC(C)(C)c1cc(CCC(N)=O)cc(C(C)(C)C)c1O.NCN.